The number of hydrogen-bond acceptors (Lipinski definition) is 0. The third-order valence-electron chi connectivity index (χ3n) is 8.60. The van der Waals surface area contributed by atoms with Crippen molar-refractivity contribution in [1.82, 2.24) is 0 Å². The van der Waals surface area contributed by atoms with Crippen molar-refractivity contribution in [3.8, 4) is 11.1 Å². The van der Waals surface area contributed by atoms with Crippen LogP contribution in [0.5, 0.6) is 0 Å². The third-order valence-corrected chi connectivity index (χ3v) is 8.60. The van der Waals surface area contributed by atoms with Crippen LogP contribution >= 0.6 is 0 Å². The highest BCUT2D eigenvalue weighted by atomic mass is 14.2. The Labute approximate surface area is 234 Å². The first-order valence-corrected chi connectivity index (χ1v) is 14.2. The fraction of sp³-hybridized carbons (Fsp3) is 0.0500. The molecular formula is C40H28. The van der Waals surface area contributed by atoms with Crippen LogP contribution in [0.4, 0.5) is 0 Å². The molecule has 188 valence electrons. The van der Waals surface area contributed by atoms with Gasteiger partial charge in [-0.2, -0.15) is 0 Å². The average molecular weight is 509 g/mol. The summed E-state index contributed by atoms with van der Waals surface area (Å²) in [6.07, 6.45) is 2.03. The quantitative estimate of drug-likeness (QED) is 0.209. The van der Waals surface area contributed by atoms with E-state index in [1.165, 1.54) is 76.2 Å². The van der Waals surface area contributed by atoms with Crippen molar-refractivity contribution in [3.05, 3.63) is 167 Å². The molecule has 0 spiro atoms. The minimum absolute atomic E-state index is 1.01. The molecule has 0 saturated carbocycles. The molecule has 1 aliphatic carbocycles. The lowest BCUT2D eigenvalue weighted by Gasteiger charge is -2.23. The zero-order valence-corrected chi connectivity index (χ0v) is 22.3. The van der Waals surface area contributed by atoms with Gasteiger partial charge in [-0.25, -0.2) is 0 Å². The molecule has 0 fully saturated rings. The monoisotopic (exact) mass is 508 g/mol. The van der Waals surface area contributed by atoms with Crippen molar-refractivity contribution in [2.24, 2.45) is 0 Å². The summed E-state index contributed by atoms with van der Waals surface area (Å²) in [5.74, 6) is 0. The molecule has 0 bridgehead atoms. The molecule has 0 heterocycles. The standard InChI is InChI=1S/C40H28/c1-2-13-28(14-3-1)39-34-18-8-10-20-36(34)40(37-21-11-9-19-35(37)39)38-25-24-31(32-16-6-7-17-33(32)38)30-23-22-27-12-4-5-15-29(27)26-30/h1-23,26H,24-25H2. The molecule has 0 aromatic heterocycles. The van der Waals surface area contributed by atoms with Crippen LogP contribution in [0.3, 0.4) is 0 Å². The highest BCUT2D eigenvalue weighted by molar-refractivity contribution is 6.18. The van der Waals surface area contributed by atoms with E-state index in [-0.39, 0.29) is 0 Å². The first-order chi connectivity index (χ1) is 19.9. The van der Waals surface area contributed by atoms with Gasteiger partial charge in [0.1, 0.15) is 0 Å². The van der Waals surface area contributed by atoms with E-state index in [4.69, 9.17) is 0 Å². The second-order valence-electron chi connectivity index (χ2n) is 10.8. The van der Waals surface area contributed by atoms with E-state index in [9.17, 15) is 0 Å². The van der Waals surface area contributed by atoms with Crippen molar-refractivity contribution >= 4 is 43.5 Å². The molecule has 0 nitrogen and oxygen atoms in total. The van der Waals surface area contributed by atoms with E-state index in [2.05, 4.69) is 146 Å². The van der Waals surface area contributed by atoms with Crippen molar-refractivity contribution in [2.75, 3.05) is 0 Å². The zero-order chi connectivity index (χ0) is 26.5. The Hall–Kier alpha value is -4.94. The fourth-order valence-corrected chi connectivity index (χ4v) is 6.83. The van der Waals surface area contributed by atoms with Crippen LogP contribution in [-0.4, -0.2) is 0 Å². The molecule has 7 aromatic rings. The Bertz CT molecular complexity index is 2140. The molecule has 8 rings (SSSR count). The summed E-state index contributed by atoms with van der Waals surface area (Å²) in [6.45, 7) is 0. The summed E-state index contributed by atoms with van der Waals surface area (Å²) < 4.78 is 0. The second kappa shape index (κ2) is 9.36. The Morgan fingerprint density at radius 2 is 0.825 bits per heavy atom. The van der Waals surface area contributed by atoms with Crippen molar-refractivity contribution in [2.45, 2.75) is 12.8 Å². The van der Waals surface area contributed by atoms with Crippen LogP contribution in [0.25, 0.3) is 54.6 Å². The summed E-state index contributed by atoms with van der Waals surface area (Å²) in [7, 11) is 0. The van der Waals surface area contributed by atoms with Gasteiger partial charge in [0.25, 0.3) is 0 Å². The largest absolute Gasteiger partial charge is 0.0622 e. The Morgan fingerprint density at radius 1 is 0.325 bits per heavy atom. The zero-order valence-electron chi connectivity index (χ0n) is 22.3. The smallest absolute Gasteiger partial charge is 0.00264 e. The maximum absolute atomic E-state index is 2.37. The first kappa shape index (κ1) is 23.0. The lowest BCUT2D eigenvalue weighted by molar-refractivity contribution is 1.05. The maximum atomic E-state index is 2.37. The molecular weight excluding hydrogens is 480 g/mol. The summed E-state index contributed by atoms with van der Waals surface area (Å²) in [4.78, 5) is 0. The van der Waals surface area contributed by atoms with Gasteiger partial charge in [0.15, 0.2) is 0 Å². The first-order valence-electron chi connectivity index (χ1n) is 14.2. The van der Waals surface area contributed by atoms with Gasteiger partial charge in [-0.05, 0) is 95.1 Å². The van der Waals surface area contributed by atoms with Crippen molar-refractivity contribution < 1.29 is 0 Å². The molecule has 0 unspecified atom stereocenters. The highest BCUT2D eigenvalue weighted by Gasteiger charge is 2.21. The summed E-state index contributed by atoms with van der Waals surface area (Å²) in [5.41, 5.74) is 8.20. The van der Waals surface area contributed by atoms with Gasteiger partial charge in [0.2, 0.25) is 0 Å². The average Bonchev–Trinajstić information content (AvgIpc) is 3.03. The van der Waals surface area contributed by atoms with Crippen molar-refractivity contribution in [3.63, 3.8) is 0 Å². The fourth-order valence-electron chi connectivity index (χ4n) is 6.83. The molecule has 0 atom stereocenters. The number of rotatable bonds is 3. The number of fused-ring (bicyclic) bond motifs is 4. The molecule has 40 heavy (non-hydrogen) atoms. The minimum atomic E-state index is 1.01. The molecule has 1 aliphatic rings. The predicted octanol–water partition coefficient (Wildman–Crippen LogP) is 9.00. The summed E-state index contributed by atoms with van der Waals surface area (Å²) in [5, 5.41) is 10.6. The van der Waals surface area contributed by atoms with Gasteiger partial charge in [-0.3, -0.25) is 0 Å². The minimum Gasteiger partial charge on any atom is -0.0622 e. The summed E-state index contributed by atoms with van der Waals surface area (Å²) >= 11 is 0. The lowest BCUT2D eigenvalue weighted by atomic mass is 9.81. The number of benzene rings is 7. The van der Waals surface area contributed by atoms with Crippen LogP contribution in [0, 0.1) is 0 Å². The van der Waals surface area contributed by atoms with E-state index >= 15 is 0 Å². The molecule has 0 amide bonds. The van der Waals surface area contributed by atoms with Gasteiger partial charge >= 0.3 is 0 Å². The molecule has 0 heteroatoms. The van der Waals surface area contributed by atoms with Gasteiger partial charge in [-0.15, -0.1) is 0 Å². The van der Waals surface area contributed by atoms with Gasteiger partial charge in [0, 0.05) is 0 Å². The summed E-state index contributed by atoms with van der Waals surface area (Å²) in [6, 6.07) is 53.5. The van der Waals surface area contributed by atoms with E-state index in [0.29, 0.717) is 0 Å². The van der Waals surface area contributed by atoms with Crippen molar-refractivity contribution in [1.29, 1.82) is 0 Å². The van der Waals surface area contributed by atoms with Gasteiger partial charge < -0.3 is 0 Å². The van der Waals surface area contributed by atoms with E-state index in [0.717, 1.165) is 12.8 Å². The molecule has 0 N–H and O–H groups in total. The SMILES string of the molecule is c1ccc(-c2c3ccccc3c(C3=c4ccccc4=C(c4ccc5ccccc5c4)CC3)c3ccccc23)cc1. The maximum Gasteiger partial charge on any atom is -0.00264 e. The Morgan fingerprint density at radius 3 is 1.50 bits per heavy atom. The van der Waals surface area contributed by atoms with Gasteiger partial charge in [0.05, 0.1) is 0 Å². The topological polar surface area (TPSA) is 0 Å². The highest BCUT2D eigenvalue weighted by Crippen LogP contribution is 2.42. The van der Waals surface area contributed by atoms with Crippen LogP contribution in [0.15, 0.2) is 146 Å². The Kier molecular flexibility index (Phi) is 5.38. The second-order valence-corrected chi connectivity index (χ2v) is 10.8. The lowest BCUT2D eigenvalue weighted by Crippen LogP contribution is -2.32. The number of hydrogen-bond donors (Lipinski definition) is 0. The third kappa shape index (κ3) is 3.61. The van der Waals surface area contributed by atoms with Crippen LogP contribution < -0.4 is 10.4 Å². The van der Waals surface area contributed by atoms with E-state index in [1.54, 1.807) is 0 Å². The van der Waals surface area contributed by atoms with Crippen LogP contribution in [0.2, 0.25) is 0 Å². The van der Waals surface area contributed by atoms with E-state index in [1.807, 2.05) is 0 Å². The van der Waals surface area contributed by atoms with Gasteiger partial charge in [-0.1, -0.05) is 140 Å². The molecule has 0 radical (unpaired) electrons. The molecule has 0 saturated heterocycles. The van der Waals surface area contributed by atoms with Crippen LogP contribution in [0.1, 0.15) is 24.0 Å². The van der Waals surface area contributed by atoms with Crippen LogP contribution in [-0.2, 0) is 0 Å². The molecule has 0 aliphatic heterocycles. The normalized spacial score (nSPS) is 13.2. The molecule has 7 aromatic carbocycles. The Balaban J connectivity index is 1.49. The van der Waals surface area contributed by atoms with E-state index < -0.39 is 0 Å². The predicted molar refractivity (Wildman–Crippen MR) is 171 cm³/mol.